The predicted octanol–water partition coefficient (Wildman–Crippen LogP) is 1.70. The van der Waals surface area contributed by atoms with E-state index in [9.17, 15) is 4.79 Å². The van der Waals surface area contributed by atoms with Crippen LogP contribution >= 0.6 is 11.8 Å². The second kappa shape index (κ2) is 5.91. The fourth-order valence-corrected chi connectivity index (χ4v) is 2.79. The monoisotopic (exact) mass is 251 g/mol. The van der Waals surface area contributed by atoms with E-state index in [1.807, 2.05) is 23.7 Å². The molecule has 1 N–H and O–H groups in total. The van der Waals surface area contributed by atoms with Crippen molar-refractivity contribution in [3.05, 3.63) is 24.0 Å². The first-order valence-electron chi connectivity index (χ1n) is 5.81. The molecule has 0 aromatic carbocycles. The van der Waals surface area contributed by atoms with E-state index in [0.29, 0.717) is 0 Å². The minimum atomic E-state index is 0.110. The molecular weight excluding hydrogens is 234 g/mol. The predicted molar refractivity (Wildman–Crippen MR) is 71.6 cm³/mol. The van der Waals surface area contributed by atoms with E-state index < -0.39 is 0 Å². The maximum absolute atomic E-state index is 12.4. The van der Waals surface area contributed by atoms with Crippen LogP contribution in [0, 0.1) is 0 Å². The van der Waals surface area contributed by atoms with Gasteiger partial charge in [0.25, 0.3) is 5.91 Å². The Kier molecular flexibility index (Phi) is 4.25. The fourth-order valence-electron chi connectivity index (χ4n) is 1.90. The standard InChI is InChI=1S/C12H17N3OS/c1-13-11-9-14-4-3-10(11)12(16)15-5-2-7-17-8-6-15/h3-4,9,13H,2,5-8H2,1H3. The maximum atomic E-state index is 12.4. The van der Waals surface area contributed by atoms with Gasteiger partial charge in [-0.25, -0.2) is 0 Å². The van der Waals surface area contributed by atoms with Crippen molar-refractivity contribution < 1.29 is 4.79 Å². The number of amides is 1. The Bertz CT molecular complexity index is 389. The van der Waals surface area contributed by atoms with E-state index in [1.54, 1.807) is 18.5 Å². The third-order valence-electron chi connectivity index (χ3n) is 2.83. The molecule has 1 aliphatic rings. The topological polar surface area (TPSA) is 45.2 Å². The van der Waals surface area contributed by atoms with Gasteiger partial charge in [0.15, 0.2) is 0 Å². The first-order chi connectivity index (χ1) is 8.33. The van der Waals surface area contributed by atoms with Gasteiger partial charge in [0.05, 0.1) is 17.4 Å². The summed E-state index contributed by atoms with van der Waals surface area (Å²) in [6, 6.07) is 1.78. The van der Waals surface area contributed by atoms with Gasteiger partial charge in [-0.1, -0.05) is 0 Å². The number of pyridine rings is 1. The maximum Gasteiger partial charge on any atom is 0.256 e. The molecule has 92 valence electrons. The van der Waals surface area contributed by atoms with Crippen LogP contribution in [-0.2, 0) is 0 Å². The number of nitrogens with one attached hydrogen (secondary N) is 1. The van der Waals surface area contributed by atoms with Gasteiger partial charge in [-0.3, -0.25) is 9.78 Å². The van der Waals surface area contributed by atoms with Crippen molar-refractivity contribution in [3.63, 3.8) is 0 Å². The number of rotatable bonds is 2. The molecule has 2 rings (SSSR count). The molecular formula is C12H17N3OS. The molecule has 1 fully saturated rings. The zero-order chi connectivity index (χ0) is 12.1. The van der Waals surface area contributed by atoms with E-state index in [1.165, 1.54) is 0 Å². The molecule has 0 radical (unpaired) electrons. The molecule has 1 amide bonds. The molecule has 4 nitrogen and oxygen atoms in total. The smallest absolute Gasteiger partial charge is 0.256 e. The summed E-state index contributed by atoms with van der Waals surface area (Å²) in [6.45, 7) is 1.70. The summed E-state index contributed by atoms with van der Waals surface area (Å²) in [4.78, 5) is 18.3. The van der Waals surface area contributed by atoms with E-state index in [-0.39, 0.29) is 5.91 Å². The van der Waals surface area contributed by atoms with Crippen molar-refractivity contribution in [2.24, 2.45) is 0 Å². The highest BCUT2D eigenvalue weighted by molar-refractivity contribution is 7.99. The van der Waals surface area contributed by atoms with Gasteiger partial charge in [-0.2, -0.15) is 11.8 Å². The van der Waals surface area contributed by atoms with Gasteiger partial charge >= 0.3 is 0 Å². The summed E-state index contributed by atoms with van der Waals surface area (Å²) >= 11 is 1.92. The molecule has 0 atom stereocenters. The van der Waals surface area contributed by atoms with Gasteiger partial charge in [0.1, 0.15) is 0 Å². The number of aromatic nitrogens is 1. The number of carbonyl (C=O) groups is 1. The third kappa shape index (κ3) is 2.91. The summed E-state index contributed by atoms with van der Waals surface area (Å²) in [7, 11) is 1.81. The van der Waals surface area contributed by atoms with Crippen molar-refractivity contribution in [2.75, 3.05) is 37.0 Å². The first-order valence-corrected chi connectivity index (χ1v) is 6.97. The van der Waals surface area contributed by atoms with E-state index in [4.69, 9.17) is 0 Å². The number of thioether (sulfide) groups is 1. The van der Waals surface area contributed by atoms with Gasteiger partial charge in [-0.05, 0) is 18.2 Å². The lowest BCUT2D eigenvalue weighted by molar-refractivity contribution is 0.0769. The van der Waals surface area contributed by atoms with Gasteiger partial charge < -0.3 is 10.2 Å². The minimum absolute atomic E-state index is 0.110. The van der Waals surface area contributed by atoms with Crippen LogP contribution in [0.15, 0.2) is 18.5 Å². The Hall–Kier alpha value is -1.23. The quantitative estimate of drug-likeness (QED) is 0.869. The summed E-state index contributed by atoms with van der Waals surface area (Å²) < 4.78 is 0. The normalized spacial score (nSPS) is 16.4. The molecule has 1 aromatic rings. The van der Waals surface area contributed by atoms with Crippen molar-refractivity contribution in [1.82, 2.24) is 9.88 Å². The highest BCUT2D eigenvalue weighted by atomic mass is 32.2. The van der Waals surface area contributed by atoms with Crippen LogP contribution in [0.1, 0.15) is 16.8 Å². The van der Waals surface area contributed by atoms with Crippen molar-refractivity contribution in [3.8, 4) is 0 Å². The van der Waals surface area contributed by atoms with Crippen LogP contribution in [0.2, 0.25) is 0 Å². The number of carbonyl (C=O) groups excluding carboxylic acids is 1. The Morgan fingerprint density at radius 3 is 3.18 bits per heavy atom. The third-order valence-corrected chi connectivity index (χ3v) is 3.88. The molecule has 0 aliphatic carbocycles. The molecule has 0 saturated carbocycles. The average molecular weight is 251 g/mol. The van der Waals surface area contributed by atoms with E-state index >= 15 is 0 Å². The van der Waals surface area contributed by atoms with Crippen molar-refractivity contribution in [1.29, 1.82) is 0 Å². The highest BCUT2D eigenvalue weighted by Gasteiger charge is 2.19. The molecule has 1 saturated heterocycles. The van der Waals surface area contributed by atoms with Crippen LogP contribution < -0.4 is 5.32 Å². The lowest BCUT2D eigenvalue weighted by atomic mass is 10.2. The number of hydrogen-bond acceptors (Lipinski definition) is 4. The van der Waals surface area contributed by atoms with Gasteiger partial charge in [-0.15, -0.1) is 0 Å². The van der Waals surface area contributed by atoms with Gasteiger partial charge in [0.2, 0.25) is 0 Å². The van der Waals surface area contributed by atoms with Gasteiger partial charge in [0, 0.05) is 32.1 Å². The summed E-state index contributed by atoms with van der Waals surface area (Å²) in [5.74, 6) is 2.30. The largest absolute Gasteiger partial charge is 0.386 e. The fraction of sp³-hybridized carbons (Fsp3) is 0.500. The average Bonchev–Trinajstić information content (AvgIpc) is 2.66. The number of nitrogens with zero attached hydrogens (tertiary/aromatic N) is 2. The minimum Gasteiger partial charge on any atom is -0.386 e. The molecule has 17 heavy (non-hydrogen) atoms. The Balaban J connectivity index is 2.17. The van der Waals surface area contributed by atoms with Crippen LogP contribution in [0.5, 0.6) is 0 Å². The summed E-state index contributed by atoms with van der Waals surface area (Å²) in [5, 5.41) is 3.02. The van der Waals surface area contributed by atoms with Crippen molar-refractivity contribution >= 4 is 23.4 Å². The lowest BCUT2D eigenvalue weighted by Crippen LogP contribution is -2.33. The highest BCUT2D eigenvalue weighted by Crippen LogP contribution is 2.18. The summed E-state index contributed by atoms with van der Waals surface area (Å²) in [6.07, 6.45) is 4.44. The lowest BCUT2D eigenvalue weighted by Gasteiger charge is -2.21. The van der Waals surface area contributed by atoms with Crippen LogP contribution in [-0.4, -0.2) is 47.4 Å². The Morgan fingerprint density at radius 2 is 2.35 bits per heavy atom. The number of hydrogen-bond donors (Lipinski definition) is 1. The molecule has 0 spiro atoms. The van der Waals surface area contributed by atoms with E-state index in [2.05, 4.69) is 10.3 Å². The Morgan fingerprint density at radius 1 is 1.47 bits per heavy atom. The van der Waals surface area contributed by atoms with Crippen LogP contribution in [0.4, 0.5) is 5.69 Å². The van der Waals surface area contributed by atoms with E-state index in [0.717, 1.165) is 42.3 Å². The molecule has 0 unspecified atom stereocenters. The molecule has 2 heterocycles. The second-order valence-corrected chi connectivity index (χ2v) is 5.15. The van der Waals surface area contributed by atoms with Crippen LogP contribution in [0.25, 0.3) is 0 Å². The van der Waals surface area contributed by atoms with Crippen LogP contribution in [0.3, 0.4) is 0 Å². The van der Waals surface area contributed by atoms with Crippen molar-refractivity contribution in [2.45, 2.75) is 6.42 Å². The molecule has 5 heteroatoms. The Labute approximate surface area is 106 Å². The molecule has 1 aromatic heterocycles. The second-order valence-electron chi connectivity index (χ2n) is 3.93. The SMILES string of the molecule is CNc1cnccc1C(=O)N1CCCSCC1. The summed E-state index contributed by atoms with van der Waals surface area (Å²) in [5.41, 5.74) is 1.52. The number of anilines is 1. The molecule has 0 bridgehead atoms. The first kappa shape index (κ1) is 12.2. The zero-order valence-electron chi connectivity index (χ0n) is 9.98. The zero-order valence-corrected chi connectivity index (χ0v) is 10.8. The molecule has 1 aliphatic heterocycles.